The van der Waals surface area contributed by atoms with E-state index >= 15 is 0 Å². The number of carbonyl (C=O) groups excluding carboxylic acids is 2. The Morgan fingerprint density at radius 1 is 0.976 bits per heavy atom. The van der Waals surface area contributed by atoms with Crippen molar-refractivity contribution in [3.05, 3.63) is 93.0 Å². The largest absolute Gasteiger partial charge is 0.496 e. The Morgan fingerprint density at radius 3 is 2.29 bits per heavy atom. The minimum absolute atomic E-state index is 0.0209. The van der Waals surface area contributed by atoms with Crippen molar-refractivity contribution >= 4 is 44.9 Å². The summed E-state index contributed by atoms with van der Waals surface area (Å²) in [6.07, 6.45) is -3.72. The van der Waals surface area contributed by atoms with E-state index in [9.17, 15) is 31.2 Å². The molecule has 3 aromatic rings. The fraction of sp³-hybridized carbons (Fsp3) is 0.286. The average Bonchev–Trinajstić information content (AvgIpc) is 3.37. The van der Waals surface area contributed by atoms with Gasteiger partial charge in [0.25, 0.3) is 11.8 Å². The fourth-order valence-corrected chi connectivity index (χ4v) is 5.85. The Hall–Kier alpha value is -3.28. The third kappa shape index (κ3) is 6.47. The van der Waals surface area contributed by atoms with Crippen LogP contribution in [0.25, 0.3) is 0 Å². The molecular weight excluding hydrogens is 604 g/mol. The summed E-state index contributed by atoms with van der Waals surface area (Å²) in [5.41, 5.74) is -0.497. The van der Waals surface area contributed by atoms with Crippen molar-refractivity contribution in [3.63, 3.8) is 0 Å². The van der Waals surface area contributed by atoms with Crippen LogP contribution in [0.2, 0.25) is 10.0 Å². The SMILES string of the molecule is COc1ccc(C(=O)N(C)[C@@H]2CN(C(=O)c3cccc(S(C)(=O)=O)c3)CC2c2ccc(Cl)c(Cl)c2)cc1C(F)(F)F. The number of nitrogens with zero attached hydrogens (tertiary/aromatic N) is 2. The first-order valence-electron chi connectivity index (χ1n) is 12.2. The molecule has 0 aromatic heterocycles. The first-order valence-corrected chi connectivity index (χ1v) is 14.8. The summed E-state index contributed by atoms with van der Waals surface area (Å²) in [5, 5.41) is 0.560. The van der Waals surface area contributed by atoms with Gasteiger partial charge < -0.3 is 14.5 Å². The van der Waals surface area contributed by atoms with Gasteiger partial charge in [0.2, 0.25) is 0 Å². The lowest BCUT2D eigenvalue weighted by Crippen LogP contribution is -2.42. The number of hydrogen-bond acceptors (Lipinski definition) is 5. The molecule has 2 atom stereocenters. The van der Waals surface area contributed by atoms with E-state index in [1.807, 2.05) is 0 Å². The molecule has 1 aliphatic rings. The minimum atomic E-state index is -4.75. The number of likely N-dealkylation sites (tertiary alicyclic amines) is 1. The monoisotopic (exact) mass is 628 g/mol. The number of ether oxygens (including phenoxy) is 1. The summed E-state index contributed by atoms with van der Waals surface area (Å²) >= 11 is 12.3. The predicted octanol–water partition coefficient (Wildman–Crippen LogP) is 5.80. The summed E-state index contributed by atoms with van der Waals surface area (Å²) in [5.74, 6) is -2.06. The van der Waals surface area contributed by atoms with Crippen LogP contribution < -0.4 is 4.74 Å². The lowest BCUT2D eigenvalue weighted by molar-refractivity contribution is -0.138. The Bertz CT molecular complexity index is 1610. The lowest BCUT2D eigenvalue weighted by Gasteiger charge is -2.29. The van der Waals surface area contributed by atoms with Crippen molar-refractivity contribution in [3.8, 4) is 5.75 Å². The number of sulfone groups is 1. The van der Waals surface area contributed by atoms with Gasteiger partial charge in [0.05, 0.1) is 33.7 Å². The van der Waals surface area contributed by atoms with E-state index in [4.69, 9.17) is 27.9 Å². The Labute approximate surface area is 245 Å². The summed E-state index contributed by atoms with van der Waals surface area (Å²) < 4.78 is 69.8. The number of amides is 2. The third-order valence-electron chi connectivity index (χ3n) is 7.03. The second-order valence-electron chi connectivity index (χ2n) is 9.69. The molecule has 0 radical (unpaired) electrons. The van der Waals surface area contributed by atoms with E-state index in [1.54, 1.807) is 18.2 Å². The average molecular weight is 629 g/mol. The Morgan fingerprint density at radius 2 is 1.68 bits per heavy atom. The number of benzene rings is 3. The number of halogens is 5. The van der Waals surface area contributed by atoms with Crippen LogP contribution in [0.1, 0.15) is 37.8 Å². The molecule has 1 heterocycles. The van der Waals surface area contributed by atoms with Crippen LogP contribution in [0.5, 0.6) is 5.75 Å². The number of methoxy groups -OCH3 is 1. The van der Waals surface area contributed by atoms with Crippen molar-refractivity contribution in [2.24, 2.45) is 0 Å². The van der Waals surface area contributed by atoms with Gasteiger partial charge in [-0.05, 0) is 54.1 Å². The number of likely N-dealkylation sites (N-methyl/N-ethyl adjacent to an activating group) is 1. The van der Waals surface area contributed by atoms with Gasteiger partial charge in [0, 0.05) is 43.4 Å². The third-order valence-corrected chi connectivity index (χ3v) is 8.88. The Balaban J connectivity index is 1.71. The van der Waals surface area contributed by atoms with Crippen LogP contribution in [0, 0.1) is 0 Å². The molecule has 7 nitrogen and oxygen atoms in total. The molecule has 41 heavy (non-hydrogen) atoms. The maximum absolute atomic E-state index is 13.6. The second-order valence-corrected chi connectivity index (χ2v) is 12.5. The lowest BCUT2D eigenvalue weighted by atomic mass is 9.93. The molecule has 1 aliphatic heterocycles. The molecule has 2 amide bonds. The van der Waals surface area contributed by atoms with Crippen LogP contribution in [-0.4, -0.2) is 69.6 Å². The molecule has 1 unspecified atom stereocenters. The summed E-state index contributed by atoms with van der Waals surface area (Å²) in [7, 11) is -1.01. The molecular formula is C28H25Cl2F3N2O5S. The van der Waals surface area contributed by atoms with Crippen LogP contribution in [-0.2, 0) is 16.0 Å². The molecule has 0 spiro atoms. The molecule has 13 heteroatoms. The van der Waals surface area contributed by atoms with E-state index < -0.39 is 51.1 Å². The van der Waals surface area contributed by atoms with Gasteiger partial charge in [-0.1, -0.05) is 35.3 Å². The van der Waals surface area contributed by atoms with Crippen molar-refractivity contribution in [1.82, 2.24) is 9.80 Å². The van der Waals surface area contributed by atoms with Gasteiger partial charge in [-0.15, -0.1) is 0 Å². The van der Waals surface area contributed by atoms with Crippen molar-refractivity contribution in [2.45, 2.75) is 23.0 Å². The highest BCUT2D eigenvalue weighted by Gasteiger charge is 2.41. The summed E-state index contributed by atoms with van der Waals surface area (Å²) in [6.45, 7) is 0.149. The number of carbonyl (C=O) groups is 2. The van der Waals surface area contributed by atoms with Gasteiger partial charge in [0.1, 0.15) is 5.75 Å². The number of rotatable bonds is 6. The molecule has 0 saturated carbocycles. The second kappa shape index (κ2) is 11.5. The van der Waals surface area contributed by atoms with Crippen LogP contribution in [0.15, 0.2) is 65.6 Å². The van der Waals surface area contributed by atoms with Gasteiger partial charge in [-0.25, -0.2) is 8.42 Å². The standard InChI is InChI=1S/C28H25Cl2F3N2O5S/c1-34(26(36)18-8-10-25(40-2)21(12-18)28(31,32)33)24-15-35(14-20(24)16-7-9-22(29)23(30)13-16)27(37)17-5-4-6-19(11-17)41(3,38)39/h4-13,20,24H,14-15H2,1-3H3/t20?,24-/m1/s1. The number of hydrogen-bond donors (Lipinski definition) is 0. The van der Waals surface area contributed by atoms with Crippen LogP contribution in [0.4, 0.5) is 13.2 Å². The zero-order valence-electron chi connectivity index (χ0n) is 22.1. The highest BCUT2D eigenvalue weighted by atomic mass is 35.5. The Kier molecular flexibility index (Phi) is 8.63. The molecule has 0 aliphatic carbocycles. The van der Waals surface area contributed by atoms with Crippen molar-refractivity contribution < 1.29 is 35.9 Å². The van der Waals surface area contributed by atoms with Crippen molar-refractivity contribution in [2.75, 3.05) is 33.5 Å². The van der Waals surface area contributed by atoms with E-state index in [0.29, 0.717) is 10.6 Å². The zero-order valence-corrected chi connectivity index (χ0v) is 24.4. The first kappa shape index (κ1) is 30.7. The smallest absolute Gasteiger partial charge is 0.419 e. The van der Waals surface area contributed by atoms with Crippen LogP contribution >= 0.6 is 23.2 Å². The normalized spacial score (nSPS) is 17.4. The zero-order chi connectivity index (χ0) is 30.3. The molecule has 0 bridgehead atoms. The van der Waals surface area contributed by atoms with E-state index in [2.05, 4.69) is 0 Å². The van der Waals surface area contributed by atoms with Gasteiger partial charge >= 0.3 is 6.18 Å². The molecule has 3 aromatic carbocycles. The highest BCUT2D eigenvalue weighted by molar-refractivity contribution is 7.90. The quantitative estimate of drug-likeness (QED) is 0.344. The maximum atomic E-state index is 13.6. The predicted molar refractivity (Wildman–Crippen MR) is 149 cm³/mol. The molecule has 4 rings (SSSR count). The molecule has 1 fully saturated rings. The van der Waals surface area contributed by atoms with Gasteiger partial charge in [-0.2, -0.15) is 13.2 Å². The molecule has 0 N–H and O–H groups in total. The number of alkyl halides is 3. The first-order chi connectivity index (χ1) is 19.1. The van der Waals surface area contributed by atoms with Gasteiger partial charge in [-0.3, -0.25) is 9.59 Å². The van der Waals surface area contributed by atoms with Gasteiger partial charge in [0.15, 0.2) is 9.84 Å². The summed E-state index contributed by atoms with van der Waals surface area (Å²) in [4.78, 5) is 29.8. The maximum Gasteiger partial charge on any atom is 0.419 e. The van der Waals surface area contributed by atoms with Crippen molar-refractivity contribution in [1.29, 1.82) is 0 Å². The van der Waals surface area contributed by atoms with E-state index in [0.717, 1.165) is 25.5 Å². The molecule has 218 valence electrons. The topological polar surface area (TPSA) is 84.0 Å². The highest BCUT2D eigenvalue weighted by Crippen LogP contribution is 2.38. The molecule has 1 saturated heterocycles. The fourth-order valence-electron chi connectivity index (χ4n) is 4.87. The van der Waals surface area contributed by atoms with E-state index in [1.165, 1.54) is 47.2 Å². The minimum Gasteiger partial charge on any atom is -0.496 e. The van der Waals surface area contributed by atoms with Crippen LogP contribution in [0.3, 0.4) is 0 Å². The summed E-state index contributed by atoms with van der Waals surface area (Å²) in [6, 6.07) is 12.9. The van der Waals surface area contributed by atoms with E-state index in [-0.39, 0.29) is 34.1 Å².